The second kappa shape index (κ2) is 6.87. The number of methoxy groups -OCH3 is 1. The molecule has 102 valence electrons. The van der Waals surface area contributed by atoms with E-state index in [0.29, 0.717) is 5.03 Å². The minimum Gasteiger partial charge on any atom is -0.362 e. The molecule has 0 aliphatic carbocycles. The molecule has 0 fully saturated rings. The number of thiocarbonyl (C=S) groups is 1. The van der Waals surface area contributed by atoms with Crippen molar-refractivity contribution in [3.8, 4) is 0 Å². The van der Waals surface area contributed by atoms with Crippen LogP contribution >= 0.6 is 57.2 Å². The summed E-state index contributed by atoms with van der Waals surface area (Å²) in [6, 6.07) is 9.93. The number of hydrogen-bond acceptors (Lipinski definition) is 5. The molecular weight excluding hydrogens is 336 g/mol. The normalized spacial score (nSPS) is 23.8. The Bertz CT molecular complexity index is 503. The molecule has 0 saturated heterocycles. The van der Waals surface area contributed by atoms with Crippen molar-refractivity contribution in [3.05, 3.63) is 45.2 Å². The van der Waals surface area contributed by atoms with E-state index >= 15 is 0 Å². The van der Waals surface area contributed by atoms with Crippen LogP contribution < -0.4 is 0 Å². The van der Waals surface area contributed by atoms with E-state index in [0.717, 1.165) is 19.8 Å². The Hall–Kier alpha value is 0.350. The van der Waals surface area contributed by atoms with Crippen molar-refractivity contribution < 1.29 is 4.74 Å². The fourth-order valence-corrected chi connectivity index (χ4v) is 6.91. The summed E-state index contributed by atoms with van der Waals surface area (Å²) in [6.07, 6.45) is 0. The van der Waals surface area contributed by atoms with Gasteiger partial charge in [-0.05, 0) is 32.9 Å². The molecule has 1 nitrogen and oxygen atoms in total. The van der Waals surface area contributed by atoms with E-state index in [-0.39, 0.29) is 0 Å². The zero-order valence-corrected chi connectivity index (χ0v) is 14.5. The highest BCUT2D eigenvalue weighted by atomic mass is 35.5. The predicted octanol–water partition coefficient (Wildman–Crippen LogP) is 5.41. The van der Waals surface area contributed by atoms with Gasteiger partial charge in [0.15, 0.2) is 5.60 Å². The highest BCUT2D eigenvalue weighted by molar-refractivity contribution is 8.86. The smallest absolute Gasteiger partial charge is 0.172 e. The summed E-state index contributed by atoms with van der Waals surface area (Å²) in [6.45, 7) is 2.11. The molecule has 0 radical (unpaired) electrons. The van der Waals surface area contributed by atoms with Crippen molar-refractivity contribution in [1.82, 2.24) is 0 Å². The van der Waals surface area contributed by atoms with Crippen molar-refractivity contribution >= 4 is 61.4 Å². The number of ether oxygens (including phenoxy) is 1. The lowest BCUT2D eigenvalue weighted by Crippen LogP contribution is -2.37. The zero-order chi connectivity index (χ0) is 13.9. The molecule has 0 amide bonds. The number of halogens is 1. The van der Waals surface area contributed by atoms with Crippen LogP contribution in [0, 0.1) is 0 Å². The van der Waals surface area contributed by atoms with Gasteiger partial charge in [0.1, 0.15) is 4.20 Å². The summed E-state index contributed by atoms with van der Waals surface area (Å²) in [5.41, 5.74) is 0.181. The monoisotopic (exact) mass is 348 g/mol. The average Bonchev–Trinajstić information content (AvgIpc) is 2.44. The lowest BCUT2D eigenvalue weighted by molar-refractivity contribution is 0.0907. The number of thioether (sulfide) groups is 1. The maximum absolute atomic E-state index is 6.63. The Labute approximate surface area is 136 Å². The SMILES string of the molecule is CCSC1=C(Cl)C(OC)(c2ccccc2)C(=S)SS1. The summed E-state index contributed by atoms with van der Waals surface area (Å²) >= 11 is 13.9. The number of hydrogen-bond donors (Lipinski definition) is 0. The van der Waals surface area contributed by atoms with Crippen molar-refractivity contribution in [2.75, 3.05) is 12.9 Å². The molecule has 1 aliphatic heterocycles. The minimum absolute atomic E-state index is 0.682. The number of benzene rings is 1. The minimum atomic E-state index is -0.800. The Morgan fingerprint density at radius 3 is 2.58 bits per heavy atom. The van der Waals surface area contributed by atoms with Crippen LogP contribution in [0.2, 0.25) is 0 Å². The molecule has 0 aromatic heterocycles. The topological polar surface area (TPSA) is 9.23 Å². The molecule has 19 heavy (non-hydrogen) atoms. The summed E-state index contributed by atoms with van der Waals surface area (Å²) in [4.78, 5) is 0. The molecule has 0 bridgehead atoms. The standard InChI is InChI=1S/C13H13ClOS4/c1-3-17-11-10(14)13(15-2,12(16)19-18-11)9-7-5-4-6-8-9/h4-8H,3H2,1-2H3. The molecule has 1 atom stereocenters. The van der Waals surface area contributed by atoms with Gasteiger partial charge in [-0.2, -0.15) is 0 Å². The van der Waals surface area contributed by atoms with Crippen molar-refractivity contribution in [3.63, 3.8) is 0 Å². The molecule has 1 heterocycles. The van der Waals surface area contributed by atoms with Crippen molar-refractivity contribution in [2.45, 2.75) is 12.5 Å². The Kier molecular flexibility index (Phi) is 5.69. The molecule has 1 aromatic rings. The molecular formula is C13H13ClOS4. The highest BCUT2D eigenvalue weighted by Gasteiger charge is 2.45. The van der Waals surface area contributed by atoms with Crippen LogP contribution in [0.3, 0.4) is 0 Å². The van der Waals surface area contributed by atoms with Crippen molar-refractivity contribution in [2.24, 2.45) is 0 Å². The van der Waals surface area contributed by atoms with Crippen LogP contribution in [-0.4, -0.2) is 17.1 Å². The van der Waals surface area contributed by atoms with Gasteiger partial charge in [0.25, 0.3) is 0 Å². The summed E-state index contributed by atoms with van der Waals surface area (Å²) in [5.74, 6) is 0.973. The predicted molar refractivity (Wildman–Crippen MR) is 93.9 cm³/mol. The van der Waals surface area contributed by atoms with E-state index in [2.05, 4.69) is 6.92 Å². The van der Waals surface area contributed by atoms with Gasteiger partial charge in [0.05, 0.1) is 9.27 Å². The lowest BCUT2D eigenvalue weighted by Gasteiger charge is -2.36. The van der Waals surface area contributed by atoms with Gasteiger partial charge in [0.2, 0.25) is 0 Å². The third-order valence-electron chi connectivity index (χ3n) is 2.73. The third-order valence-corrected chi connectivity index (χ3v) is 8.07. The summed E-state index contributed by atoms with van der Waals surface area (Å²) in [5, 5.41) is 0.682. The van der Waals surface area contributed by atoms with Gasteiger partial charge in [-0.25, -0.2) is 0 Å². The molecule has 2 rings (SSSR count). The first kappa shape index (κ1) is 15.7. The van der Waals surface area contributed by atoms with E-state index in [1.165, 1.54) is 0 Å². The summed E-state index contributed by atoms with van der Waals surface area (Å²) in [7, 11) is 4.84. The molecule has 1 unspecified atom stereocenters. The maximum Gasteiger partial charge on any atom is 0.172 e. The van der Waals surface area contributed by atoms with Gasteiger partial charge in [-0.1, -0.05) is 61.1 Å². The largest absolute Gasteiger partial charge is 0.362 e. The second-order valence-corrected chi connectivity index (χ2v) is 8.47. The molecule has 1 aromatic carbocycles. The van der Waals surface area contributed by atoms with Crippen LogP contribution in [0.4, 0.5) is 0 Å². The fourth-order valence-electron chi connectivity index (χ4n) is 1.83. The van der Waals surface area contributed by atoms with E-state index in [9.17, 15) is 0 Å². The van der Waals surface area contributed by atoms with Crippen LogP contribution in [0.5, 0.6) is 0 Å². The van der Waals surface area contributed by atoms with Gasteiger partial charge in [-0.3, -0.25) is 0 Å². The first-order valence-corrected chi connectivity index (χ1v) is 9.61. The maximum atomic E-state index is 6.63. The Morgan fingerprint density at radius 2 is 2.00 bits per heavy atom. The highest BCUT2D eigenvalue weighted by Crippen LogP contribution is 2.56. The van der Waals surface area contributed by atoms with E-state index in [4.69, 9.17) is 28.6 Å². The lowest BCUT2D eigenvalue weighted by atomic mass is 9.95. The zero-order valence-electron chi connectivity index (χ0n) is 10.5. The van der Waals surface area contributed by atoms with Crippen LogP contribution in [0.1, 0.15) is 12.5 Å². The van der Waals surface area contributed by atoms with Crippen molar-refractivity contribution in [1.29, 1.82) is 0 Å². The van der Waals surface area contributed by atoms with Crippen LogP contribution in [-0.2, 0) is 10.3 Å². The van der Waals surface area contributed by atoms with Gasteiger partial charge < -0.3 is 4.74 Å². The first-order chi connectivity index (χ1) is 9.16. The first-order valence-electron chi connectivity index (χ1n) is 5.69. The molecule has 6 heteroatoms. The quantitative estimate of drug-likeness (QED) is 0.529. The van der Waals surface area contributed by atoms with Crippen LogP contribution in [0.15, 0.2) is 39.6 Å². The molecule has 0 N–H and O–H groups in total. The molecule has 0 spiro atoms. The second-order valence-electron chi connectivity index (χ2n) is 3.74. The molecule has 0 saturated carbocycles. The van der Waals surface area contributed by atoms with Crippen LogP contribution in [0.25, 0.3) is 0 Å². The van der Waals surface area contributed by atoms with E-state index < -0.39 is 5.60 Å². The Balaban J connectivity index is 2.58. The van der Waals surface area contributed by atoms with Gasteiger partial charge >= 0.3 is 0 Å². The fraction of sp³-hybridized carbons (Fsp3) is 0.308. The van der Waals surface area contributed by atoms with Gasteiger partial charge in [0, 0.05) is 7.11 Å². The van der Waals surface area contributed by atoms with Gasteiger partial charge in [-0.15, -0.1) is 11.8 Å². The van der Waals surface area contributed by atoms with E-state index in [1.807, 2.05) is 30.3 Å². The Morgan fingerprint density at radius 1 is 1.32 bits per heavy atom. The number of rotatable bonds is 4. The average molecular weight is 349 g/mol. The van der Waals surface area contributed by atoms with E-state index in [1.54, 1.807) is 40.5 Å². The third kappa shape index (κ3) is 2.87. The summed E-state index contributed by atoms with van der Waals surface area (Å²) < 4.78 is 7.61. The molecule has 1 aliphatic rings.